The van der Waals surface area contributed by atoms with Gasteiger partial charge in [-0.05, 0) is 42.9 Å². The average molecular weight is 321 g/mol. The monoisotopic (exact) mass is 321 g/mol. The van der Waals surface area contributed by atoms with Gasteiger partial charge >= 0.3 is 0 Å². The second kappa shape index (κ2) is 5.99. The van der Waals surface area contributed by atoms with Gasteiger partial charge in [-0.2, -0.15) is 16.1 Å². The smallest absolute Gasteiger partial charge is 0.207 e. The maximum absolute atomic E-state index is 13.8. The molecule has 1 atom stereocenters. The summed E-state index contributed by atoms with van der Waals surface area (Å²) >= 11 is 1.67. The van der Waals surface area contributed by atoms with Crippen molar-refractivity contribution in [2.45, 2.75) is 18.2 Å². The van der Waals surface area contributed by atoms with E-state index in [-0.39, 0.29) is 5.56 Å². The lowest BCUT2D eigenvalue weighted by atomic mass is 10.2. The van der Waals surface area contributed by atoms with Crippen molar-refractivity contribution in [3.63, 3.8) is 0 Å². The largest absolute Gasteiger partial charge is 0.246 e. The Morgan fingerprint density at radius 2 is 2.05 bits per heavy atom. The van der Waals surface area contributed by atoms with Crippen molar-refractivity contribution in [1.29, 1.82) is 0 Å². The third-order valence-electron chi connectivity index (χ3n) is 3.48. The summed E-state index contributed by atoms with van der Waals surface area (Å²) in [5.74, 6) is -0.578. The minimum atomic E-state index is -3.88. The Kier molecular flexibility index (Phi) is 4.71. The number of hydrogen-bond acceptors (Lipinski definition) is 3. The maximum Gasteiger partial charge on any atom is 0.246 e. The molecule has 1 aromatic carbocycles. The number of rotatable bonds is 4. The highest BCUT2D eigenvalue weighted by Crippen LogP contribution is 2.28. The Balaban J connectivity index is 2.30. The van der Waals surface area contributed by atoms with Crippen molar-refractivity contribution in [2.75, 3.05) is 25.1 Å². The van der Waals surface area contributed by atoms with Crippen LogP contribution in [0.1, 0.15) is 12.0 Å². The van der Waals surface area contributed by atoms with Crippen LogP contribution in [0.25, 0.3) is 0 Å². The van der Waals surface area contributed by atoms with Crippen molar-refractivity contribution in [3.05, 3.63) is 29.3 Å². The second-order valence-electron chi connectivity index (χ2n) is 5.00. The van der Waals surface area contributed by atoms with E-state index in [2.05, 4.69) is 0 Å². The standard InChI is InChI=1S/C13H17F2NO2S2/c1-9-5-13(12(15)6-11(9)14)20(17,18)16-4-3-10(7-16)8-19-2/h5-6,10H,3-4,7-8H2,1-2H3/t10-/m0/s1. The Morgan fingerprint density at radius 1 is 1.35 bits per heavy atom. The zero-order valence-electron chi connectivity index (χ0n) is 11.4. The zero-order valence-corrected chi connectivity index (χ0v) is 13.0. The van der Waals surface area contributed by atoms with E-state index in [1.165, 1.54) is 11.2 Å². The fourth-order valence-electron chi connectivity index (χ4n) is 2.35. The molecule has 3 nitrogen and oxygen atoms in total. The van der Waals surface area contributed by atoms with Crippen LogP contribution in [-0.2, 0) is 10.0 Å². The molecule has 1 fully saturated rings. The number of benzene rings is 1. The van der Waals surface area contributed by atoms with E-state index in [9.17, 15) is 17.2 Å². The van der Waals surface area contributed by atoms with Gasteiger partial charge in [-0.3, -0.25) is 0 Å². The summed E-state index contributed by atoms with van der Waals surface area (Å²) < 4.78 is 53.2. The highest BCUT2D eigenvalue weighted by Gasteiger charge is 2.34. The molecule has 0 bridgehead atoms. The molecular weight excluding hydrogens is 304 g/mol. The van der Waals surface area contributed by atoms with Crippen LogP contribution in [0.15, 0.2) is 17.0 Å². The first-order valence-electron chi connectivity index (χ1n) is 6.31. The van der Waals surface area contributed by atoms with Crippen LogP contribution in [0.5, 0.6) is 0 Å². The molecule has 2 rings (SSSR count). The van der Waals surface area contributed by atoms with E-state index in [4.69, 9.17) is 0 Å². The van der Waals surface area contributed by atoms with Gasteiger partial charge in [0.15, 0.2) is 0 Å². The molecule has 1 heterocycles. The van der Waals surface area contributed by atoms with Crippen LogP contribution in [0.2, 0.25) is 0 Å². The Hall–Kier alpha value is -0.660. The Bertz CT molecular complexity index is 605. The molecule has 1 saturated heterocycles. The minimum Gasteiger partial charge on any atom is -0.207 e. The molecule has 1 aliphatic heterocycles. The summed E-state index contributed by atoms with van der Waals surface area (Å²) in [6.07, 6.45) is 2.75. The van der Waals surface area contributed by atoms with Gasteiger partial charge in [0.25, 0.3) is 0 Å². The molecular formula is C13H17F2NO2S2. The first-order chi connectivity index (χ1) is 9.36. The van der Waals surface area contributed by atoms with Crippen molar-refractivity contribution in [3.8, 4) is 0 Å². The lowest BCUT2D eigenvalue weighted by Gasteiger charge is -2.17. The second-order valence-corrected chi connectivity index (χ2v) is 7.82. The maximum atomic E-state index is 13.8. The predicted octanol–water partition coefficient (Wildman–Crippen LogP) is 2.65. The van der Waals surface area contributed by atoms with Gasteiger partial charge in [-0.25, -0.2) is 17.2 Å². The Labute approximate surface area is 122 Å². The van der Waals surface area contributed by atoms with Crippen LogP contribution in [0.3, 0.4) is 0 Å². The summed E-state index contributed by atoms with van der Waals surface area (Å²) in [5, 5.41) is 0. The molecule has 0 radical (unpaired) electrons. The van der Waals surface area contributed by atoms with Crippen molar-refractivity contribution in [1.82, 2.24) is 4.31 Å². The van der Waals surface area contributed by atoms with E-state index in [0.29, 0.717) is 25.1 Å². The van der Waals surface area contributed by atoms with Crippen molar-refractivity contribution >= 4 is 21.8 Å². The third-order valence-corrected chi connectivity index (χ3v) is 6.17. The number of halogens is 2. The van der Waals surface area contributed by atoms with E-state index in [1.54, 1.807) is 11.8 Å². The SMILES string of the molecule is CSC[C@H]1CCN(S(=O)(=O)c2cc(C)c(F)cc2F)C1. The molecule has 0 aliphatic carbocycles. The predicted molar refractivity (Wildman–Crippen MR) is 76.3 cm³/mol. The molecule has 1 aromatic rings. The number of nitrogens with zero attached hydrogens (tertiary/aromatic N) is 1. The quantitative estimate of drug-likeness (QED) is 0.855. The zero-order chi connectivity index (χ0) is 14.9. The van der Waals surface area contributed by atoms with Crippen LogP contribution < -0.4 is 0 Å². The van der Waals surface area contributed by atoms with Crippen LogP contribution in [0, 0.1) is 24.5 Å². The fraction of sp³-hybridized carbons (Fsp3) is 0.538. The summed E-state index contributed by atoms with van der Waals surface area (Å²) in [4.78, 5) is -0.429. The molecule has 0 N–H and O–H groups in total. The molecule has 112 valence electrons. The molecule has 20 heavy (non-hydrogen) atoms. The van der Waals surface area contributed by atoms with Gasteiger partial charge in [-0.15, -0.1) is 0 Å². The number of hydrogen-bond donors (Lipinski definition) is 0. The number of aryl methyl sites for hydroxylation is 1. The normalized spacial score (nSPS) is 20.5. The molecule has 0 unspecified atom stereocenters. The third kappa shape index (κ3) is 2.99. The van der Waals surface area contributed by atoms with E-state index in [0.717, 1.165) is 18.2 Å². The summed E-state index contributed by atoms with van der Waals surface area (Å²) in [7, 11) is -3.88. The Morgan fingerprint density at radius 3 is 2.70 bits per heavy atom. The lowest BCUT2D eigenvalue weighted by Crippen LogP contribution is -2.30. The van der Waals surface area contributed by atoms with E-state index < -0.39 is 26.6 Å². The average Bonchev–Trinajstić information content (AvgIpc) is 2.83. The highest BCUT2D eigenvalue weighted by molar-refractivity contribution is 7.98. The van der Waals surface area contributed by atoms with Gasteiger partial charge in [0.05, 0.1) is 0 Å². The summed E-state index contributed by atoms with van der Waals surface area (Å²) in [5.41, 5.74) is 0.129. The molecule has 0 aromatic heterocycles. The van der Waals surface area contributed by atoms with Crippen molar-refractivity contribution < 1.29 is 17.2 Å². The van der Waals surface area contributed by atoms with Crippen molar-refractivity contribution in [2.24, 2.45) is 5.92 Å². The molecule has 0 amide bonds. The van der Waals surface area contributed by atoms with E-state index in [1.807, 2.05) is 6.26 Å². The van der Waals surface area contributed by atoms with Gasteiger partial charge in [0, 0.05) is 19.2 Å². The lowest BCUT2D eigenvalue weighted by molar-refractivity contribution is 0.457. The first-order valence-corrected chi connectivity index (χ1v) is 9.14. The topological polar surface area (TPSA) is 37.4 Å². The van der Waals surface area contributed by atoms with Crippen LogP contribution >= 0.6 is 11.8 Å². The molecule has 0 saturated carbocycles. The minimum absolute atomic E-state index is 0.129. The first kappa shape index (κ1) is 15.7. The summed E-state index contributed by atoms with van der Waals surface area (Å²) in [6, 6.07) is 1.71. The van der Waals surface area contributed by atoms with E-state index >= 15 is 0 Å². The van der Waals surface area contributed by atoms with Gasteiger partial charge in [-0.1, -0.05) is 0 Å². The summed E-state index contributed by atoms with van der Waals surface area (Å²) in [6.45, 7) is 2.22. The molecule has 7 heteroatoms. The van der Waals surface area contributed by atoms with Gasteiger partial charge < -0.3 is 0 Å². The molecule has 1 aliphatic rings. The van der Waals surface area contributed by atoms with Gasteiger partial charge in [0.1, 0.15) is 16.5 Å². The number of thioether (sulfide) groups is 1. The number of sulfonamides is 1. The fourth-order valence-corrected chi connectivity index (χ4v) is 4.76. The molecule has 0 spiro atoms. The highest BCUT2D eigenvalue weighted by atomic mass is 32.2. The van der Waals surface area contributed by atoms with Crippen LogP contribution in [-0.4, -0.2) is 37.8 Å². The van der Waals surface area contributed by atoms with Gasteiger partial charge in [0.2, 0.25) is 10.0 Å². The van der Waals surface area contributed by atoms with Crippen LogP contribution in [0.4, 0.5) is 8.78 Å².